The third kappa shape index (κ3) is 24.4. The highest BCUT2D eigenvalue weighted by molar-refractivity contribution is 5.18. The van der Waals surface area contributed by atoms with Crippen LogP contribution in [0.5, 0.6) is 0 Å². The molecule has 4 nitrogen and oxygen atoms in total. The first-order chi connectivity index (χ1) is 55.7. The maximum absolute atomic E-state index is 3.54. The first kappa shape index (κ1) is 88.2. The first-order valence-electron chi connectivity index (χ1n) is 54.8. The van der Waals surface area contributed by atoms with Crippen LogP contribution >= 0.6 is 0 Å². The molecule has 0 aromatic rings. The molecule has 0 saturated heterocycles. The average molecular weight is 1550 g/mol. The van der Waals surface area contributed by atoms with Crippen LogP contribution in [0.15, 0.2) is 0 Å². The van der Waals surface area contributed by atoms with E-state index in [4.69, 9.17) is 0 Å². The Hall–Kier alpha value is -0.160. The van der Waals surface area contributed by atoms with Gasteiger partial charge in [0.2, 0.25) is 0 Å². The summed E-state index contributed by atoms with van der Waals surface area (Å²) in [6.07, 6.45) is 134. The number of hydrogen-bond acceptors (Lipinski definition) is 4. The molecule has 0 radical (unpaired) electrons. The van der Waals surface area contributed by atoms with Gasteiger partial charge in [0.25, 0.3) is 0 Å². The Bertz CT molecular complexity index is 2280. The second-order valence-corrected chi connectivity index (χ2v) is 44.4. The lowest BCUT2D eigenvalue weighted by molar-refractivity contribution is -0.0235. The summed E-state index contributed by atoms with van der Waals surface area (Å²) in [5.41, 5.74) is 0.557. The van der Waals surface area contributed by atoms with E-state index in [-0.39, 0.29) is 0 Å². The quantitative estimate of drug-likeness (QED) is 0.193. The van der Waals surface area contributed by atoms with Crippen LogP contribution in [-0.2, 0) is 0 Å². The Labute approximate surface area is 699 Å². The van der Waals surface area contributed by atoms with Crippen LogP contribution < -0.4 is 0 Å². The maximum Gasteiger partial charge on any atom is 0.0101 e. The van der Waals surface area contributed by atoms with Gasteiger partial charge < -0.3 is 0 Å². The molecule has 0 aromatic carbocycles. The molecule has 0 aromatic heterocycles. The molecule has 14 aliphatic carbocycles. The van der Waals surface area contributed by atoms with E-state index < -0.39 is 0 Å². The lowest BCUT2D eigenvalue weighted by atomic mass is 9.55. The van der Waals surface area contributed by atoms with Gasteiger partial charge in [-0.25, -0.2) is 0 Å². The molecule has 0 heterocycles. The van der Waals surface area contributed by atoms with Gasteiger partial charge in [-0.3, -0.25) is 19.6 Å². The van der Waals surface area contributed by atoms with Gasteiger partial charge in [0.1, 0.15) is 0 Å². The van der Waals surface area contributed by atoms with Crippen LogP contribution in [0.4, 0.5) is 0 Å². The second kappa shape index (κ2) is 49.2. The summed E-state index contributed by atoms with van der Waals surface area (Å²) in [6, 6.07) is 10.2. The molecule has 1 spiro atoms. The molecule has 0 aliphatic heterocycles. The van der Waals surface area contributed by atoms with Gasteiger partial charge in [-0.15, -0.1) is 0 Å². The Morgan fingerprint density at radius 2 is 0.196 bits per heavy atom. The van der Waals surface area contributed by atoms with Crippen LogP contribution in [0.25, 0.3) is 0 Å². The summed E-state index contributed by atoms with van der Waals surface area (Å²) in [6.45, 7) is 0. The molecule has 12 unspecified atom stereocenters. The van der Waals surface area contributed by atoms with E-state index in [1.54, 1.807) is 154 Å². The third-order valence-corrected chi connectivity index (χ3v) is 37.7. The Morgan fingerprint density at radius 1 is 0.0982 bits per heavy atom. The molecular formula is C108H194N4. The van der Waals surface area contributed by atoms with Gasteiger partial charge >= 0.3 is 0 Å². The fraction of sp³-hybridized carbons (Fsp3) is 1.00. The van der Waals surface area contributed by atoms with E-state index in [1.807, 2.05) is 0 Å². The zero-order valence-electron chi connectivity index (χ0n) is 75.4. The molecule has 14 rings (SSSR count). The van der Waals surface area contributed by atoms with Crippen LogP contribution in [0.1, 0.15) is 559 Å². The smallest absolute Gasteiger partial charge is 0.0101 e. The van der Waals surface area contributed by atoms with Crippen LogP contribution in [0, 0.1) is 52.8 Å². The van der Waals surface area contributed by atoms with Gasteiger partial charge in [-0.1, -0.05) is 353 Å². The summed E-state index contributed by atoms with van der Waals surface area (Å²) < 4.78 is 0. The molecule has 14 aliphatic rings. The highest BCUT2D eigenvalue weighted by atomic mass is 15.2. The molecule has 0 N–H and O–H groups in total. The first-order valence-corrected chi connectivity index (χ1v) is 54.8. The Morgan fingerprint density at radius 3 is 0.321 bits per heavy atom. The van der Waals surface area contributed by atoms with Gasteiger partial charge in [-0.05, 0) is 258 Å². The van der Waals surface area contributed by atoms with Crippen molar-refractivity contribution >= 4 is 0 Å². The summed E-state index contributed by atoms with van der Waals surface area (Å²) >= 11 is 0. The third-order valence-electron chi connectivity index (χ3n) is 37.7. The minimum Gasteiger partial charge on any atom is -0.294 e. The van der Waals surface area contributed by atoms with E-state index >= 15 is 0 Å². The Kier molecular flexibility index (Phi) is 38.7. The maximum atomic E-state index is 3.54. The molecule has 4 heteroatoms. The average Bonchev–Trinajstić information content (AvgIpc) is 1.52. The van der Waals surface area contributed by atoms with Crippen molar-refractivity contribution in [3.05, 3.63) is 0 Å². The lowest BCUT2D eigenvalue weighted by Crippen LogP contribution is -2.50. The molecule has 646 valence electrons. The molecule has 14 fully saturated rings. The summed E-state index contributed by atoms with van der Waals surface area (Å²) in [7, 11) is 0. The second-order valence-electron chi connectivity index (χ2n) is 44.4. The molecular weight excluding hydrogens is 1350 g/mol. The predicted molar refractivity (Wildman–Crippen MR) is 485 cm³/mol. The minimum absolute atomic E-state index is 0.557. The van der Waals surface area contributed by atoms with E-state index in [0.717, 1.165) is 120 Å². The highest BCUT2D eigenvalue weighted by Gasteiger charge is 2.70. The zero-order chi connectivity index (χ0) is 75.9. The number of nitrogens with zero attached hydrogens (tertiary/aromatic N) is 4. The van der Waals surface area contributed by atoms with Gasteiger partial charge in [0, 0.05) is 72.5 Å². The molecule has 112 heavy (non-hydrogen) atoms. The van der Waals surface area contributed by atoms with Gasteiger partial charge in [0.15, 0.2) is 0 Å². The van der Waals surface area contributed by atoms with E-state index in [0.29, 0.717) is 5.41 Å². The Balaban J connectivity index is 0.855. The standard InChI is InChI=1S/C108H194N4/c1-4-16-32-56-88(57-33-17-5-1)109(91-62-38-22-10-11-23-39-63-91)96-72-48-80-100-103-83-51-75-99(112(94-68-44-28-14-29-45-69-94)95-70-46-30-15-31-47-71-95)79-55-87-107(103)108(104(100)84-52-76-96)105-85-53-77-97(110(92-64-40-24-12-25-41-65-92)89-58-34-18-6-2-7-19-35-59-89)73-49-81-101(105)102-82-50-74-98(78-54-86-106(102)108)111(93-66-42-26-13-27-43-67-93)90-60-36-20-8-3-9-21-37-61-90/h88-107H,1-87H2. The number of fused-ring (bicyclic) bond motifs is 10. The van der Waals surface area contributed by atoms with E-state index in [1.165, 1.54) is 405 Å². The highest BCUT2D eigenvalue weighted by Crippen LogP contribution is 2.76. The normalized spacial score (nSPS) is 36.8. The summed E-state index contributed by atoms with van der Waals surface area (Å²) in [5, 5.41) is 0. The van der Waals surface area contributed by atoms with Crippen molar-refractivity contribution in [2.75, 3.05) is 0 Å². The molecule has 14 saturated carbocycles. The van der Waals surface area contributed by atoms with Crippen molar-refractivity contribution in [1.29, 1.82) is 0 Å². The molecule has 0 amide bonds. The number of rotatable bonds is 12. The van der Waals surface area contributed by atoms with Crippen molar-refractivity contribution < 1.29 is 0 Å². The largest absolute Gasteiger partial charge is 0.294 e. The van der Waals surface area contributed by atoms with Crippen LogP contribution in [0.3, 0.4) is 0 Å². The SMILES string of the molecule is C1CCCCC(N(C2CCCCCCCC2)C2CCCC3C4CCCC(N(C5CCCCCCC5)C5CCCCCCC5)CCCC4C4(C3CCC2)C2CCCC(N(C3CCCCCCCCC3)C3CCCCCCC3)CCCC2C2CCCC(N(C3CCCCCCCCC3)C3CCCCCCC3)CCCC24)CCCC1. The molecule has 12 atom stereocenters. The van der Waals surface area contributed by atoms with E-state index in [2.05, 4.69) is 19.6 Å². The van der Waals surface area contributed by atoms with Crippen molar-refractivity contribution in [2.45, 2.75) is 631 Å². The van der Waals surface area contributed by atoms with Crippen molar-refractivity contribution in [3.63, 3.8) is 0 Å². The van der Waals surface area contributed by atoms with Crippen molar-refractivity contribution in [3.8, 4) is 0 Å². The zero-order valence-corrected chi connectivity index (χ0v) is 75.4. The topological polar surface area (TPSA) is 13.0 Å². The van der Waals surface area contributed by atoms with Gasteiger partial charge in [0.05, 0.1) is 0 Å². The van der Waals surface area contributed by atoms with Gasteiger partial charge in [-0.2, -0.15) is 0 Å². The summed E-state index contributed by atoms with van der Waals surface area (Å²) in [5.74, 6) is 7.92. The van der Waals surface area contributed by atoms with Crippen LogP contribution in [0.2, 0.25) is 0 Å². The van der Waals surface area contributed by atoms with Crippen molar-refractivity contribution in [1.82, 2.24) is 19.6 Å². The number of hydrogen-bond donors (Lipinski definition) is 0. The lowest BCUT2D eigenvalue weighted by Gasteiger charge is -2.50. The molecule has 0 bridgehead atoms. The fourth-order valence-corrected chi connectivity index (χ4v) is 32.9. The minimum atomic E-state index is 0.557. The summed E-state index contributed by atoms with van der Waals surface area (Å²) in [4.78, 5) is 14.1. The van der Waals surface area contributed by atoms with Crippen LogP contribution in [-0.4, -0.2) is 92.1 Å². The van der Waals surface area contributed by atoms with E-state index in [9.17, 15) is 0 Å². The monoisotopic (exact) mass is 1550 g/mol. The predicted octanol–water partition coefficient (Wildman–Crippen LogP) is 32.7. The van der Waals surface area contributed by atoms with Crippen molar-refractivity contribution in [2.24, 2.45) is 52.8 Å². The fourth-order valence-electron chi connectivity index (χ4n) is 32.9.